The number of hydrogen-bond acceptors (Lipinski definition) is 2. The molecule has 118 valence electrons. The van der Waals surface area contributed by atoms with E-state index in [0.717, 1.165) is 16.9 Å². The zero-order valence-corrected chi connectivity index (χ0v) is 13.7. The molecule has 0 radical (unpaired) electrons. The zero-order valence-electron chi connectivity index (χ0n) is 12.9. The highest BCUT2D eigenvalue weighted by molar-refractivity contribution is 6.30. The number of carbonyl (C=O) groups is 1. The van der Waals surface area contributed by atoms with Gasteiger partial charge in [0.05, 0.1) is 13.7 Å². The van der Waals surface area contributed by atoms with Gasteiger partial charge in [0, 0.05) is 17.0 Å². The van der Waals surface area contributed by atoms with E-state index in [-0.39, 0.29) is 5.91 Å². The number of amides is 1. The maximum atomic E-state index is 11.8. The van der Waals surface area contributed by atoms with Crippen LogP contribution in [0.3, 0.4) is 0 Å². The van der Waals surface area contributed by atoms with Crippen LogP contribution in [0.25, 0.3) is 0 Å². The molecule has 0 spiro atoms. The van der Waals surface area contributed by atoms with E-state index in [1.54, 1.807) is 19.2 Å². The number of ether oxygens (including phenoxy) is 1. The molecule has 1 N–H and O–H groups in total. The average molecular weight is 328 g/mol. The van der Waals surface area contributed by atoms with Crippen molar-refractivity contribution in [3.8, 4) is 17.6 Å². The number of carbonyl (C=O) groups excluding carboxylic acids is 1. The predicted molar refractivity (Wildman–Crippen MR) is 92.7 cm³/mol. The van der Waals surface area contributed by atoms with Crippen molar-refractivity contribution in [3.05, 3.63) is 64.7 Å². The Morgan fingerprint density at radius 2 is 2.00 bits per heavy atom. The van der Waals surface area contributed by atoms with Crippen LogP contribution in [0.15, 0.2) is 48.5 Å². The molecule has 4 heteroatoms. The van der Waals surface area contributed by atoms with Gasteiger partial charge >= 0.3 is 0 Å². The van der Waals surface area contributed by atoms with Gasteiger partial charge in [-0.15, -0.1) is 0 Å². The number of hydrogen-bond donors (Lipinski definition) is 1. The number of benzene rings is 2. The Labute approximate surface area is 141 Å². The monoisotopic (exact) mass is 327 g/mol. The number of nitrogens with one attached hydrogen (secondary N) is 1. The first-order valence-corrected chi connectivity index (χ1v) is 7.69. The van der Waals surface area contributed by atoms with Crippen LogP contribution in [0, 0.1) is 11.8 Å². The molecule has 0 saturated carbocycles. The second-order valence-electron chi connectivity index (χ2n) is 4.94. The molecule has 1 amide bonds. The lowest BCUT2D eigenvalue weighted by molar-refractivity contribution is -0.120. The van der Waals surface area contributed by atoms with Crippen LogP contribution in [-0.4, -0.2) is 19.6 Å². The SMILES string of the molecule is COc1ccc(CCC(=O)NCC#Cc2cccc(Cl)c2)cc1. The Kier molecular flexibility index (Phi) is 6.53. The Morgan fingerprint density at radius 1 is 1.22 bits per heavy atom. The average Bonchev–Trinajstić information content (AvgIpc) is 2.57. The molecule has 23 heavy (non-hydrogen) atoms. The minimum absolute atomic E-state index is 0.0128. The molecule has 2 rings (SSSR count). The fourth-order valence-electron chi connectivity index (χ4n) is 1.99. The van der Waals surface area contributed by atoms with Gasteiger partial charge in [0.15, 0.2) is 0 Å². The summed E-state index contributed by atoms with van der Waals surface area (Å²) in [7, 11) is 1.63. The molecule has 3 nitrogen and oxygen atoms in total. The van der Waals surface area contributed by atoms with Crippen molar-refractivity contribution in [1.29, 1.82) is 0 Å². The number of rotatable bonds is 5. The highest BCUT2D eigenvalue weighted by Crippen LogP contribution is 2.12. The normalized spacial score (nSPS) is 9.65. The summed E-state index contributed by atoms with van der Waals surface area (Å²) in [6.07, 6.45) is 1.13. The first-order chi connectivity index (χ1) is 11.2. The second-order valence-corrected chi connectivity index (χ2v) is 5.37. The third-order valence-corrected chi connectivity index (χ3v) is 3.47. The maximum Gasteiger partial charge on any atom is 0.221 e. The molecular formula is C19H18ClNO2. The second kappa shape index (κ2) is 8.87. The Balaban J connectivity index is 1.73. The molecule has 0 aliphatic carbocycles. The van der Waals surface area contributed by atoms with Gasteiger partial charge in [-0.2, -0.15) is 0 Å². The third kappa shape index (κ3) is 6.06. The molecular weight excluding hydrogens is 310 g/mol. The lowest BCUT2D eigenvalue weighted by Gasteiger charge is -2.03. The Hall–Kier alpha value is -2.44. The first-order valence-electron chi connectivity index (χ1n) is 7.31. The van der Waals surface area contributed by atoms with Crippen LogP contribution < -0.4 is 10.1 Å². The van der Waals surface area contributed by atoms with Gasteiger partial charge in [-0.1, -0.05) is 41.6 Å². The van der Waals surface area contributed by atoms with E-state index in [9.17, 15) is 4.79 Å². The van der Waals surface area contributed by atoms with E-state index in [0.29, 0.717) is 24.4 Å². The Morgan fingerprint density at radius 3 is 2.70 bits per heavy atom. The Bertz CT molecular complexity index is 714. The van der Waals surface area contributed by atoms with Crippen molar-refractivity contribution in [2.75, 3.05) is 13.7 Å². The summed E-state index contributed by atoms with van der Waals surface area (Å²) in [5, 5.41) is 3.44. The van der Waals surface area contributed by atoms with Gasteiger partial charge in [-0.25, -0.2) is 0 Å². The van der Waals surface area contributed by atoms with Crippen molar-refractivity contribution >= 4 is 17.5 Å². The fourth-order valence-corrected chi connectivity index (χ4v) is 2.18. The molecule has 2 aromatic carbocycles. The van der Waals surface area contributed by atoms with E-state index >= 15 is 0 Å². The lowest BCUT2D eigenvalue weighted by atomic mass is 10.1. The quantitative estimate of drug-likeness (QED) is 0.854. The molecule has 0 unspecified atom stereocenters. The van der Waals surface area contributed by atoms with Gasteiger partial charge in [0.25, 0.3) is 0 Å². The summed E-state index contributed by atoms with van der Waals surface area (Å²) >= 11 is 5.88. The molecule has 0 aromatic heterocycles. The van der Waals surface area contributed by atoms with Crippen molar-refractivity contribution in [2.45, 2.75) is 12.8 Å². The molecule has 0 saturated heterocycles. The molecule has 0 aliphatic rings. The molecule has 0 atom stereocenters. The van der Waals surface area contributed by atoms with Gasteiger partial charge in [0.1, 0.15) is 5.75 Å². The summed E-state index contributed by atoms with van der Waals surface area (Å²) in [6.45, 7) is 0.327. The van der Waals surface area contributed by atoms with E-state index in [4.69, 9.17) is 16.3 Å². The maximum absolute atomic E-state index is 11.8. The van der Waals surface area contributed by atoms with Crippen molar-refractivity contribution < 1.29 is 9.53 Å². The topological polar surface area (TPSA) is 38.3 Å². The summed E-state index contributed by atoms with van der Waals surface area (Å²) in [6, 6.07) is 15.0. The highest BCUT2D eigenvalue weighted by Gasteiger charge is 2.01. The minimum Gasteiger partial charge on any atom is -0.497 e. The number of aryl methyl sites for hydroxylation is 1. The van der Waals surface area contributed by atoms with E-state index in [1.165, 1.54) is 0 Å². The summed E-state index contributed by atoms with van der Waals surface area (Å²) in [4.78, 5) is 11.8. The van der Waals surface area contributed by atoms with Crippen molar-refractivity contribution in [3.63, 3.8) is 0 Å². The first kappa shape index (κ1) is 16.9. The molecule has 0 aliphatic heterocycles. The van der Waals surface area contributed by atoms with E-state index in [1.807, 2.05) is 36.4 Å². The van der Waals surface area contributed by atoms with Crippen LogP contribution in [0.1, 0.15) is 17.5 Å². The van der Waals surface area contributed by atoms with Crippen LogP contribution in [0.5, 0.6) is 5.75 Å². The standard InChI is InChI=1S/C19H18ClNO2/c1-23-18-10-7-15(8-11-18)9-12-19(22)21-13-3-5-16-4-2-6-17(20)14-16/h2,4,6-8,10-11,14H,9,12-13H2,1H3,(H,21,22). The van der Waals surface area contributed by atoms with Gasteiger partial charge < -0.3 is 10.1 Å². The van der Waals surface area contributed by atoms with Crippen molar-refractivity contribution in [2.24, 2.45) is 0 Å². The third-order valence-electron chi connectivity index (χ3n) is 3.23. The van der Waals surface area contributed by atoms with Crippen LogP contribution in [-0.2, 0) is 11.2 Å². The molecule has 0 fully saturated rings. The summed E-state index contributed by atoms with van der Waals surface area (Å²) in [5.74, 6) is 6.68. The largest absolute Gasteiger partial charge is 0.497 e. The molecule has 0 heterocycles. The van der Waals surface area contributed by atoms with Gasteiger partial charge in [-0.05, 0) is 42.3 Å². The predicted octanol–water partition coefficient (Wildman–Crippen LogP) is 3.45. The van der Waals surface area contributed by atoms with Crippen LogP contribution in [0.2, 0.25) is 5.02 Å². The highest BCUT2D eigenvalue weighted by atomic mass is 35.5. The fraction of sp³-hybridized carbons (Fsp3) is 0.211. The summed E-state index contributed by atoms with van der Waals surface area (Å²) in [5.41, 5.74) is 1.94. The summed E-state index contributed by atoms with van der Waals surface area (Å²) < 4.78 is 5.10. The molecule has 2 aromatic rings. The van der Waals surface area contributed by atoms with Crippen LogP contribution in [0.4, 0.5) is 0 Å². The smallest absolute Gasteiger partial charge is 0.221 e. The van der Waals surface area contributed by atoms with Gasteiger partial charge in [0.2, 0.25) is 5.91 Å². The van der Waals surface area contributed by atoms with E-state index < -0.39 is 0 Å². The number of halogens is 1. The van der Waals surface area contributed by atoms with Crippen LogP contribution >= 0.6 is 11.6 Å². The van der Waals surface area contributed by atoms with E-state index in [2.05, 4.69) is 17.2 Å². The zero-order chi connectivity index (χ0) is 16.5. The minimum atomic E-state index is -0.0128. The molecule has 0 bridgehead atoms. The lowest BCUT2D eigenvalue weighted by Crippen LogP contribution is -2.23. The number of methoxy groups -OCH3 is 1. The van der Waals surface area contributed by atoms with Crippen molar-refractivity contribution in [1.82, 2.24) is 5.32 Å². The van der Waals surface area contributed by atoms with Gasteiger partial charge in [-0.3, -0.25) is 4.79 Å².